The molecular formula is C81H155N2O6P. The second-order valence-electron chi connectivity index (χ2n) is 28.4. The van der Waals surface area contributed by atoms with Crippen LogP contribution in [0.25, 0.3) is 0 Å². The molecule has 2 N–H and O–H groups in total. The van der Waals surface area contributed by atoms with Crippen molar-refractivity contribution in [1.29, 1.82) is 0 Å². The molecule has 0 rings (SSSR count). The van der Waals surface area contributed by atoms with Gasteiger partial charge >= 0.3 is 0 Å². The van der Waals surface area contributed by atoms with Crippen molar-refractivity contribution >= 4 is 13.7 Å². The molecule has 0 aromatic heterocycles. The number of unbranched alkanes of at least 4 members (excludes halogenated alkanes) is 51. The van der Waals surface area contributed by atoms with Gasteiger partial charge in [-0.2, -0.15) is 0 Å². The fourth-order valence-electron chi connectivity index (χ4n) is 12.2. The summed E-state index contributed by atoms with van der Waals surface area (Å²) in [6.07, 6.45) is 99.1. The number of rotatable bonds is 74. The van der Waals surface area contributed by atoms with Crippen LogP contribution >= 0.6 is 7.82 Å². The van der Waals surface area contributed by atoms with Crippen LogP contribution in [0.1, 0.15) is 399 Å². The molecule has 3 atom stereocenters. The van der Waals surface area contributed by atoms with Crippen molar-refractivity contribution in [2.75, 3.05) is 40.9 Å². The standard InChI is InChI=1S/C81H155N2O6P/c1-6-8-10-12-14-16-18-20-22-24-26-28-30-32-34-36-37-38-39-40-41-42-43-44-45-47-49-51-53-55-57-59-61-63-65-67-69-71-73-75-81(85)82-79(78-89-90(86,87)88-77-76-83(3,4)5)80(84)74-72-70-68-66-64-62-60-58-56-54-52-50-48-46-35-33-31-29-27-25-23-21-19-17-15-13-11-9-7-2/h8,10,14,16,20,22,26,28,32,34,79-80,84H,6-7,9,11-13,15,17-19,21,23-25,27,29-31,33,35-78H2,1-5H3,(H-,82,85,86,87)/b10-8-,16-14-,22-20-,28-26-,34-32-. The Bertz CT molecular complexity index is 1650. The van der Waals surface area contributed by atoms with Gasteiger partial charge in [-0.25, -0.2) is 0 Å². The van der Waals surface area contributed by atoms with E-state index in [1.54, 1.807) is 0 Å². The van der Waals surface area contributed by atoms with Crippen molar-refractivity contribution in [3.8, 4) is 0 Å². The topological polar surface area (TPSA) is 108 Å². The van der Waals surface area contributed by atoms with E-state index in [-0.39, 0.29) is 19.1 Å². The van der Waals surface area contributed by atoms with Gasteiger partial charge in [-0.3, -0.25) is 9.36 Å². The molecule has 0 spiro atoms. The molecule has 0 saturated carbocycles. The normalized spacial score (nSPS) is 13.8. The number of phosphoric acid groups is 1. The van der Waals surface area contributed by atoms with E-state index in [2.05, 4.69) is 79.9 Å². The second kappa shape index (κ2) is 71.5. The molecule has 0 aromatic rings. The van der Waals surface area contributed by atoms with Gasteiger partial charge in [-0.15, -0.1) is 0 Å². The molecule has 0 saturated heterocycles. The number of hydrogen-bond acceptors (Lipinski definition) is 6. The van der Waals surface area contributed by atoms with Crippen LogP contribution < -0.4 is 10.2 Å². The van der Waals surface area contributed by atoms with Gasteiger partial charge in [0, 0.05) is 6.42 Å². The van der Waals surface area contributed by atoms with Crippen LogP contribution in [-0.4, -0.2) is 68.5 Å². The lowest BCUT2D eigenvalue weighted by atomic mass is 10.0. The maximum absolute atomic E-state index is 13.1. The average molecular weight is 1280 g/mol. The summed E-state index contributed by atoms with van der Waals surface area (Å²) in [7, 11) is 1.32. The van der Waals surface area contributed by atoms with Gasteiger partial charge in [-0.1, -0.05) is 396 Å². The Kier molecular flexibility index (Phi) is 70.1. The predicted octanol–water partition coefficient (Wildman–Crippen LogP) is 25.3. The number of nitrogens with one attached hydrogen (secondary N) is 1. The van der Waals surface area contributed by atoms with Gasteiger partial charge in [0.1, 0.15) is 13.2 Å². The van der Waals surface area contributed by atoms with E-state index in [4.69, 9.17) is 9.05 Å². The van der Waals surface area contributed by atoms with Crippen LogP contribution in [0.15, 0.2) is 60.8 Å². The van der Waals surface area contributed by atoms with E-state index >= 15 is 0 Å². The number of aliphatic hydroxyl groups is 1. The summed E-state index contributed by atoms with van der Waals surface area (Å²) in [6.45, 7) is 4.67. The van der Waals surface area contributed by atoms with Gasteiger partial charge in [-0.05, 0) is 57.8 Å². The van der Waals surface area contributed by atoms with E-state index in [0.717, 1.165) is 70.6 Å². The minimum atomic E-state index is -4.58. The number of allylic oxidation sites excluding steroid dienone is 10. The number of amides is 1. The summed E-state index contributed by atoms with van der Waals surface area (Å²) in [4.78, 5) is 25.7. The average Bonchev–Trinajstić information content (AvgIpc) is 3.72. The lowest BCUT2D eigenvalue weighted by molar-refractivity contribution is -0.870. The van der Waals surface area contributed by atoms with Crippen LogP contribution in [0, 0.1) is 0 Å². The number of phosphoric ester groups is 1. The predicted molar refractivity (Wildman–Crippen MR) is 394 cm³/mol. The van der Waals surface area contributed by atoms with E-state index < -0.39 is 20.0 Å². The molecule has 8 nitrogen and oxygen atoms in total. The smallest absolute Gasteiger partial charge is 0.268 e. The summed E-state index contributed by atoms with van der Waals surface area (Å²) in [5.74, 6) is -0.156. The third-order valence-corrected chi connectivity index (χ3v) is 19.2. The first-order valence-corrected chi connectivity index (χ1v) is 41.1. The van der Waals surface area contributed by atoms with Gasteiger partial charge < -0.3 is 28.8 Å². The number of hydrogen-bond donors (Lipinski definition) is 2. The molecule has 0 bridgehead atoms. The van der Waals surface area contributed by atoms with E-state index in [9.17, 15) is 19.4 Å². The first-order chi connectivity index (χ1) is 44.0. The highest BCUT2D eigenvalue weighted by molar-refractivity contribution is 7.45. The highest BCUT2D eigenvalue weighted by Crippen LogP contribution is 2.38. The van der Waals surface area contributed by atoms with Gasteiger partial charge in [0.25, 0.3) is 7.82 Å². The Hall–Kier alpha value is -1.80. The maximum atomic E-state index is 13.1. The summed E-state index contributed by atoms with van der Waals surface area (Å²) in [5.41, 5.74) is 0. The number of likely N-dealkylation sites (N-methyl/N-ethyl adjacent to an activating group) is 1. The quantitative estimate of drug-likeness (QED) is 0.0272. The monoisotopic (exact) mass is 1280 g/mol. The van der Waals surface area contributed by atoms with Crippen molar-refractivity contribution in [1.82, 2.24) is 5.32 Å². The first-order valence-electron chi connectivity index (χ1n) is 39.6. The minimum absolute atomic E-state index is 0.0140. The zero-order valence-corrected chi connectivity index (χ0v) is 61.8. The van der Waals surface area contributed by atoms with E-state index in [1.807, 2.05) is 21.1 Å². The lowest BCUT2D eigenvalue weighted by Gasteiger charge is -2.30. The molecule has 0 aliphatic carbocycles. The molecule has 0 aliphatic rings. The van der Waals surface area contributed by atoms with Crippen LogP contribution in [0.3, 0.4) is 0 Å². The Morgan fingerprint density at radius 2 is 0.678 bits per heavy atom. The molecule has 0 heterocycles. The van der Waals surface area contributed by atoms with Crippen LogP contribution in [0.2, 0.25) is 0 Å². The molecule has 1 amide bonds. The van der Waals surface area contributed by atoms with E-state index in [0.29, 0.717) is 23.9 Å². The van der Waals surface area contributed by atoms with Crippen molar-refractivity contribution in [2.45, 2.75) is 411 Å². The molecule has 90 heavy (non-hydrogen) atoms. The second-order valence-corrected chi connectivity index (χ2v) is 29.8. The Balaban J connectivity index is 3.91. The lowest BCUT2D eigenvalue weighted by Crippen LogP contribution is -2.46. The molecule has 3 unspecified atom stereocenters. The zero-order valence-electron chi connectivity index (χ0n) is 60.9. The Morgan fingerprint density at radius 1 is 0.400 bits per heavy atom. The fraction of sp³-hybridized carbons (Fsp3) is 0.864. The molecular weight excluding hydrogens is 1130 g/mol. The molecule has 0 fully saturated rings. The highest BCUT2D eigenvalue weighted by Gasteiger charge is 2.24. The summed E-state index contributed by atoms with van der Waals surface area (Å²) in [6, 6.07) is -0.802. The number of aliphatic hydroxyl groups excluding tert-OH is 1. The SMILES string of the molecule is CC/C=C\C/C=C\C/C=C\C/C=C\C/C=C\CCCCCCCCCCCCCCCCCCCCCCCCCC(=O)NC(COP(=O)([O-])OCC[N+](C)(C)C)C(O)CCCCCCCCCCCCCCCCCCCCCCCCCCCCCCC. The molecule has 0 aromatic carbocycles. The fourth-order valence-corrected chi connectivity index (χ4v) is 12.9. The van der Waals surface area contributed by atoms with Crippen molar-refractivity contribution in [2.24, 2.45) is 0 Å². The Morgan fingerprint density at radius 3 is 0.989 bits per heavy atom. The molecule has 530 valence electrons. The van der Waals surface area contributed by atoms with Gasteiger partial charge in [0.15, 0.2) is 0 Å². The zero-order chi connectivity index (χ0) is 65.5. The number of nitrogens with zero attached hydrogens (tertiary/aromatic N) is 1. The third-order valence-electron chi connectivity index (χ3n) is 18.3. The number of carbonyl (C=O) groups is 1. The summed E-state index contributed by atoms with van der Waals surface area (Å²) >= 11 is 0. The minimum Gasteiger partial charge on any atom is -0.756 e. The van der Waals surface area contributed by atoms with Crippen molar-refractivity contribution in [3.05, 3.63) is 60.8 Å². The van der Waals surface area contributed by atoms with Crippen LogP contribution in [-0.2, 0) is 18.4 Å². The highest BCUT2D eigenvalue weighted by atomic mass is 31.2. The molecule has 0 aliphatic heterocycles. The maximum Gasteiger partial charge on any atom is 0.268 e. The van der Waals surface area contributed by atoms with Gasteiger partial charge in [0.2, 0.25) is 5.91 Å². The van der Waals surface area contributed by atoms with Crippen molar-refractivity contribution < 1.29 is 32.9 Å². The third kappa shape index (κ3) is 73.6. The number of carbonyl (C=O) groups excluding carboxylic acids is 1. The number of quaternary nitrogens is 1. The van der Waals surface area contributed by atoms with Crippen LogP contribution in [0.4, 0.5) is 0 Å². The summed E-state index contributed by atoms with van der Waals surface area (Å²) < 4.78 is 23.6. The first kappa shape index (κ1) is 88.2. The Labute approximate surface area is 562 Å². The van der Waals surface area contributed by atoms with Crippen LogP contribution in [0.5, 0.6) is 0 Å². The van der Waals surface area contributed by atoms with E-state index in [1.165, 1.54) is 302 Å². The summed E-state index contributed by atoms with van der Waals surface area (Å²) in [5, 5.41) is 14.1. The molecule has 0 radical (unpaired) electrons. The molecule has 9 heteroatoms. The largest absolute Gasteiger partial charge is 0.756 e. The van der Waals surface area contributed by atoms with Crippen molar-refractivity contribution in [3.63, 3.8) is 0 Å². The van der Waals surface area contributed by atoms with Gasteiger partial charge in [0.05, 0.1) is 39.9 Å².